The van der Waals surface area contributed by atoms with E-state index in [4.69, 9.17) is 17.0 Å². The van der Waals surface area contributed by atoms with Gasteiger partial charge in [0.05, 0.1) is 19.2 Å². The number of anilines is 2. The molecule has 3 aromatic carbocycles. The van der Waals surface area contributed by atoms with Crippen molar-refractivity contribution in [2.24, 2.45) is 0 Å². The molecule has 4 rings (SSSR count). The van der Waals surface area contributed by atoms with Crippen LogP contribution in [0.25, 0.3) is 0 Å². The second-order valence-electron chi connectivity index (χ2n) is 9.08. The van der Waals surface area contributed by atoms with Crippen LogP contribution in [0.1, 0.15) is 28.7 Å². The third-order valence-corrected chi connectivity index (χ3v) is 6.92. The van der Waals surface area contributed by atoms with E-state index in [0.29, 0.717) is 23.8 Å². The van der Waals surface area contributed by atoms with Gasteiger partial charge in [-0.2, -0.15) is 0 Å². The molecule has 0 unspecified atom stereocenters. The number of hydrogen-bond donors (Lipinski definition) is 1. The summed E-state index contributed by atoms with van der Waals surface area (Å²) in [6.45, 7) is 6.45. The molecule has 0 saturated carbocycles. The molecule has 0 bridgehead atoms. The molecule has 1 atom stereocenters. The number of hydrogen-bond acceptors (Lipinski definition) is 4. The van der Waals surface area contributed by atoms with E-state index in [9.17, 15) is 9.59 Å². The molecule has 186 valence electrons. The Bertz CT molecular complexity index is 1270. The number of ether oxygens (including phenoxy) is 1. The molecular formula is C29H31N3O3S. The Hall–Kier alpha value is -3.71. The van der Waals surface area contributed by atoms with E-state index in [1.165, 1.54) is 4.90 Å². The third kappa shape index (κ3) is 5.26. The van der Waals surface area contributed by atoms with E-state index in [1.807, 2.05) is 80.3 Å². The predicted octanol–water partition coefficient (Wildman–Crippen LogP) is 5.19. The van der Waals surface area contributed by atoms with Crippen LogP contribution in [-0.4, -0.2) is 41.5 Å². The Kier molecular flexibility index (Phi) is 7.70. The average molecular weight is 502 g/mol. The van der Waals surface area contributed by atoms with Gasteiger partial charge in [-0.3, -0.25) is 9.59 Å². The molecule has 1 heterocycles. The third-order valence-electron chi connectivity index (χ3n) is 6.58. The van der Waals surface area contributed by atoms with Gasteiger partial charge in [0.1, 0.15) is 11.8 Å². The summed E-state index contributed by atoms with van der Waals surface area (Å²) in [7, 11) is 1.64. The Labute approximate surface area is 217 Å². The van der Waals surface area contributed by atoms with E-state index in [2.05, 4.69) is 5.32 Å². The highest BCUT2D eigenvalue weighted by atomic mass is 32.1. The number of aryl methyl sites for hydroxylation is 3. The number of nitrogens with one attached hydrogen (secondary N) is 1. The fourth-order valence-corrected chi connectivity index (χ4v) is 4.88. The highest BCUT2D eigenvalue weighted by molar-refractivity contribution is 7.80. The monoisotopic (exact) mass is 501 g/mol. The van der Waals surface area contributed by atoms with Crippen molar-refractivity contribution in [3.05, 3.63) is 89.0 Å². The Balaban J connectivity index is 1.64. The smallest absolute Gasteiger partial charge is 0.257 e. The van der Waals surface area contributed by atoms with Gasteiger partial charge in [0.15, 0.2) is 5.11 Å². The largest absolute Gasteiger partial charge is 0.496 e. The van der Waals surface area contributed by atoms with E-state index >= 15 is 0 Å². The van der Waals surface area contributed by atoms with Crippen molar-refractivity contribution in [2.75, 3.05) is 23.9 Å². The molecule has 1 aliphatic rings. The van der Waals surface area contributed by atoms with Crippen molar-refractivity contribution < 1.29 is 14.3 Å². The number of carbonyl (C=O) groups is 2. The van der Waals surface area contributed by atoms with E-state index in [0.717, 1.165) is 33.7 Å². The SMILES string of the molecule is COc1ccccc1CCN(C(=S)Nc1c(C)cccc1C)[C@H]1CC(=O)N(c2ccc(C)cc2)C1=O. The first kappa shape index (κ1) is 25.4. The first-order valence-corrected chi connectivity index (χ1v) is 12.4. The lowest BCUT2D eigenvalue weighted by Gasteiger charge is -2.31. The molecule has 0 aromatic heterocycles. The highest BCUT2D eigenvalue weighted by Crippen LogP contribution is 2.28. The van der Waals surface area contributed by atoms with E-state index in [1.54, 1.807) is 19.2 Å². The molecule has 1 fully saturated rings. The topological polar surface area (TPSA) is 61.9 Å². The van der Waals surface area contributed by atoms with Crippen LogP contribution in [0.15, 0.2) is 66.7 Å². The molecule has 0 spiro atoms. The van der Waals surface area contributed by atoms with Gasteiger partial charge < -0.3 is 15.0 Å². The highest BCUT2D eigenvalue weighted by Gasteiger charge is 2.43. The molecule has 7 heteroatoms. The van der Waals surface area contributed by atoms with Crippen molar-refractivity contribution in [1.82, 2.24) is 4.90 Å². The molecule has 2 amide bonds. The maximum atomic E-state index is 13.6. The summed E-state index contributed by atoms with van der Waals surface area (Å²) in [6, 6.07) is 20.5. The molecule has 1 saturated heterocycles. The van der Waals surface area contributed by atoms with Crippen molar-refractivity contribution >= 4 is 40.5 Å². The summed E-state index contributed by atoms with van der Waals surface area (Å²) in [5, 5.41) is 3.78. The zero-order chi connectivity index (χ0) is 25.8. The van der Waals surface area contributed by atoms with Crippen molar-refractivity contribution in [3.63, 3.8) is 0 Å². The molecule has 0 radical (unpaired) electrons. The summed E-state index contributed by atoms with van der Waals surface area (Å²) in [4.78, 5) is 29.8. The number of benzene rings is 3. The first-order valence-electron chi connectivity index (χ1n) is 12.0. The zero-order valence-electron chi connectivity index (χ0n) is 21.1. The first-order chi connectivity index (χ1) is 17.3. The minimum Gasteiger partial charge on any atom is -0.496 e. The van der Waals surface area contributed by atoms with Gasteiger partial charge in [-0.25, -0.2) is 4.90 Å². The quantitative estimate of drug-likeness (QED) is 0.355. The average Bonchev–Trinajstić information content (AvgIpc) is 3.16. The maximum absolute atomic E-state index is 13.6. The van der Waals surface area contributed by atoms with Crippen molar-refractivity contribution in [1.29, 1.82) is 0 Å². The molecule has 1 N–H and O–H groups in total. The van der Waals surface area contributed by atoms with Crippen LogP contribution in [0.2, 0.25) is 0 Å². The molecule has 1 aliphatic heterocycles. The second kappa shape index (κ2) is 10.9. The van der Waals surface area contributed by atoms with Gasteiger partial charge in [0.25, 0.3) is 5.91 Å². The molecule has 3 aromatic rings. The zero-order valence-corrected chi connectivity index (χ0v) is 21.9. The number of methoxy groups -OCH3 is 1. The van der Waals surface area contributed by atoms with Crippen molar-refractivity contribution in [2.45, 2.75) is 39.7 Å². The normalized spacial score (nSPS) is 15.2. The van der Waals surface area contributed by atoms with Crippen LogP contribution in [0.4, 0.5) is 11.4 Å². The number of carbonyl (C=O) groups excluding carboxylic acids is 2. The van der Waals surface area contributed by atoms with Gasteiger partial charge in [-0.05, 0) is 74.3 Å². The van der Waals surface area contributed by atoms with Crippen LogP contribution < -0.4 is 15.0 Å². The fourth-order valence-electron chi connectivity index (χ4n) is 4.56. The molecule has 36 heavy (non-hydrogen) atoms. The van der Waals surface area contributed by atoms with Crippen LogP contribution >= 0.6 is 12.2 Å². The Morgan fingerprint density at radius 2 is 1.67 bits per heavy atom. The maximum Gasteiger partial charge on any atom is 0.257 e. The van der Waals surface area contributed by atoms with Crippen LogP contribution in [0.3, 0.4) is 0 Å². The van der Waals surface area contributed by atoms with Gasteiger partial charge in [0, 0.05) is 12.2 Å². The lowest BCUT2D eigenvalue weighted by Crippen LogP contribution is -2.48. The second-order valence-corrected chi connectivity index (χ2v) is 9.46. The lowest BCUT2D eigenvalue weighted by molar-refractivity contribution is -0.122. The standard InChI is InChI=1S/C29H31N3O3S/c1-19-12-14-23(15-13-19)32-26(33)18-24(28(32)34)31(17-16-22-10-5-6-11-25(22)35-4)29(36)30-27-20(2)8-7-9-21(27)3/h5-15,24H,16-18H2,1-4H3,(H,30,36)/t24-/m0/s1. The summed E-state index contributed by atoms with van der Waals surface area (Å²) < 4.78 is 5.52. The van der Waals surface area contributed by atoms with Crippen LogP contribution in [-0.2, 0) is 16.0 Å². The number of para-hydroxylation sites is 2. The Morgan fingerprint density at radius 1 is 1.00 bits per heavy atom. The van der Waals surface area contributed by atoms with E-state index < -0.39 is 6.04 Å². The summed E-state index contributed by atoms with van der Waals surface area (Å²) in [5.41, 5.74) is 5.67. The van der Waals surface area contributed by atoms with Gasteiger partial charge in [0.2, 0.25) is 5.91 Å². The number of thiocarbonyl (C=S) groups is 1. The molecular weight excluding hydrogens is 470 g/mol. The molecule has 0 aliphatic carbocycles. The minimum atomic E-state index is -0.696. The van der Waals surface area contributed by atoms with Gasteiger partial charge >= 0.3 is 0 Å². The fraction of sp³-hybridized carbons (Fsp3) is 0.276. The number of imide groups is 1. The minimum absolute atomic E-state index is 0.0627. The summed E-state index contributed by atoms with van der Waals surface area (Å²) in [6.07, 6.45) is 0.661. The van der Waals surface area contributed by atoms with Gasteiger partial charge in [-0.15, -0.1) is 0 Å². The molecule has 6 nitrogen and oxygen atoms in total. The van der Waals surface area contributed by atoms with E-state index in [-0.39, 0.29) is 18.2 Å². The van der Waals surface area contributed by atoms with Crippen molar-refractivity contribution in [3.8, 4) is 5.75 Å². The summed E-state index contributed by atoms with van der Waals surface area (Å²) >= 11 is 5.86. The number of amides is 2. The van der Waals surface area contributed by atoms with Gasteiger partial charge in [-0.1, -0.05) is 54.1 Å². The number of rotatable bonds is 7. The summed E-state index contributed by atoms with van der Waals surface area (Å²) in [5.74, 6) is 0.279. The lowest BCUT2D eigenvalue weighted by atomic mass is 10.1. The Morgan fingerprint density at radius 3 is 2.33 bits per heavy atom. The van der Waals surface area contributed by atoms with Crippen LogP contribution in [0.5, 0.6) is 5.75 Å². The van der Waals surface area contributed by atoms with Crippen LogP contribution in [0, 0.1) is 20.8 Å². The predicted molar refractivity (Wildman–Crippen MR) is 148 cm³/mol. The number of nitrogens with zero attached hydrogens (tertiary/aromatic N) is 2.